The number of carbonyl (C=O) groups excluding carboxylic acids is 1. The number of benzene rings is 2. The highest BCUT2D eigenvalue weighted by Crippen LogP contribution is 2.21. The molecule has 0 heterocycles. The van der Waals surface area contributed by atoms with Gasteiger partial charge >= 0.3 is 0 Å². The van der Waals surface area contributed by atoms with Gasteiger partial charge in [-0.25, -0.2) is 17.6 Å². The van der Waals surface area contributed by atoms with Crippen LogP contribution in [0.4, 0.5) is 17.6 Å². The van der Waals surface area contributed by atoms with E-state index in [9.17, 15) is 22.4 Å². The van der Waals surface area contributed by atoms with Crippen LogP contribution in [0.15, 0.2) is 36.4 Å². The molecule has 2 rings (SSSR count). The van der Waals surface area contributed by atoms with Crippen LogP contribution in [0.3, 0.4) is 0 Å². The first-order chi connectivity index (χ1) is 8.52. The van der Waals surface area contributed by atoms with Crippen LogP contribution in [-0.4, -0.2) is 5.78 Å². The first kappa shape index (κ1) is 12.3. The molecular weight excluding hydrogens is 248 g/mol. The molecule has 5 heteroatoms. The summed E-state index contributed by atoms with van der Waals surface area (Å²) >= 11 is 0. The maximum absolute atomic E-state index is 13.4. The van der Waals surface area contributed by atoms with Gasteiger partial charge in [-0.1, -0.05) is 30.3 Å². The van der Waals surface area contributed by atoms with E-state index in [1.807, 2.05) is 0 Å². The molecule has 0 saturated carbocycles. The summed E-state index contributed by atoms with van der Waals surface area (Å²) in [4.78, 5) is 11.8. The van der Waals surface area contributed by atoms with Crippen molar-refractivity contribution in [3.8, 4) is 0 Å². The molecule has 0 fully saturated rings. The van der Waals surface area contributed by atoms with E-state index < -0.39 is 34.6 Å². The predicted octanol–water partition coefficient (Wildman–Crippen LogP) is 3.47. The van der Waals surface area contributed by atoms with Gasteiger partial charge in [0.2, 0.25) is 0 Å². The molecule has 0 bridgehead atoms. The van der Waals surface area contributed by atoms with Crippen molar-refractivity contribution in [2.75, 3.05) is 0 Å². The smallest absolute Gasteiger partial charge is 0.198 e. The molecule has 0 N–H and O–H groups in total. The van der Waals surface area contributed by atoms with Gasteiger partial charge in [0.1, 0.15) is 0 Å². The fourth-order valence-electron chi connectivity index (χ4n) is 1.48. The Kier molecular flexibility index (Phi) is 3.14. The molecule has 0 aliphatic carbocycles. The molecule has 1 nitrogen and oxygen atoms in total. The minimum absolute atomic E-state index is 0.0572. The molecule has 0 saturated heterocycles. The summed E-state index contributed by atoms with van der Waals surface area (Å²) in [6.45, 7) is 0. The molecule has 0 unspecified atom stereocenters. The highest BCUT2D eigenvalue weighted by Gasteiger charge is 2.23. The normalized spacial score (nSPS) is 10.4. The SMILES string of the molecule is O=C(c1ccccc1)c1cc(F)c(F)c(F)c1F. The third-order valence-electron chi connectivity index (χ3n) is 2.38. The molecule has 0 aliphatic heterocycles. The van der Waals surface area contributed by atoms with Crippen molar-refractivity contribution >= 4 is 5.78 Å². The average Bonchev–Trinajstić information content (AvgIpc) is 2.41. The number of halogens is 4. The van der Waals surface area contributed by atoms with E-state index in [-0.39, 0.29) is 5.56 Å². The van der Waals surface area contributed by atoms with Crippen LogP contribution in [0.1, 0.15) is 15.9 Å². The van der Waals surface area contributed by atoms with Crippen LogP contribution in [0, 0.1) is 23.3 Å². The van der Waals surface area contributed by atoms with Crippen molar-refractivity contribution in [3.05, 3.63) is 70.8 Å². The molecule has 2 aromatic carbocycles. The summed E-state index contributed by atoms with van der Waals surface area (Å²) in [5.41, 5.74) is -0.778. The second kappa shape index (κ2) is 4.60. The summed E-state index contributed by atoms with van der Waals surface area (Å²) in [7, 11) is 0. The van der Waals surface area contributed by atoms with Gasteiger partial charge in [0.25, 0.3) is 0 Å². The lowest BCUT2D eigenvalue weighted by Gasteiger charge is -2.05. The highest BCUT2D eigenvalue weighted by atomic mass is 19.2. The Morgan fingerprint density at radius 2 is 1.44 bits per heavy atom. The van der Waals surface area contributed by atoms with Crippen LogP contribution in [0.5, 0.6) is 0 Å². The lowest BCUT2D eigenvalue weighted by atomic mass is 10.0. The van der Waals surface area contributed by atoms with Gasteiger partial charge in [-0.3, -0.25) is 4.79 Å². The topological polar surface area (TPSA) is 17.1 Å². The Balaban J connectivity index is 2.56. The van der Waals surface area contributed by atoms with Crippen molar-refractivity contribution in [1.29, 1.82) is 0 Å². The summed E-state index contributed by atoms with van der Waals surface area (Å²) in [5, 5.41) is 0. The Hall–Kier alpha value is -2.17. The summed E-state index contributed by atoms with van der Waals surface area (Å²) in [6, 6.07) is 7.73. The Morgan fingerprint density at radius 1 is 0.833 bits per heavy atom. The quantitative estimate of drug-likeness (QED) is 0.347. The van der Waals surface area contributed by atoms with E-state index in [1.54, 1.807) is 6.07 Å². The third kappa shape index (κ3) is 1.99. The Morgan fingerprint density at radius 3 is 2.06 bits per heavy atom. The van der Waals surface area contributed by atoms with Crippen molar-refractivity contribution in [2.45, 2.75) is 0 Å². The summed E-state index contributed by atoms with van der Waals surface area (Å²) < 4.78 is 52.1. The second-order valence-electron chi connectivity index (χ2n) is 3.54. The minimum atomic E-state index is -1.99. The number of rotatable bonds is 2. The molecule has 0 amide bonds. The lowest BCUT2D eigenvalue weighted by molar-refractivity contribution is 0.103. The van der Waals surface area contributed by atoms with Crippen LogP contribution in [0.25, 0.3) is 0 Å². The van der Waals surface area contributed by atoms with Crippen LogP contribution >= 0.6 is 0 Å². The van der Waals surface area contributed by atoms with E-state index in [0.29, 0.717) is 6.07 Å². The molecular formula is C13H6F4O. The number of carbonyl (C=O) groups is 1. The fraction of sp³-hybridized carbons (Fsp3) is 0. The van der Waals surface area contributed by atoms with Crippen LogP contribution in [-0.2, 0) is 0 Å². The molecule has 18 heavy (non-hydrogen) atoms. The molecule has 0 spiro atoms. The van der Waals surface area contributed by atoms with E-state index in [4.69, 9.17) is 0 Å². The van der Waals surface area contributed by atoms with E-state index in [2.05, 4.69) is 0 Å². The number of hydrogen-bond donors (Lipinski definition) is 0. The molecule has 2 aromatic rings. The summed E-state index contributed by atoms with van der Waals surface area (Å²) in [6.07, 6.45) is 0. The standard InChI is InChI=1S/C13H6F4O/c14-9-6-8(10(15)12(17)11(9)16)13(18)7-4-2-1-3-5-7/h1-6H. The largest absolute Gasteiger partial charge is 0.288 e. The highest BCUT2D eigenvalue weighted by molar-refractivity contribution is 6.09. The van der Waals surface area contributed by atoms with E-state index in [0.717, 1.165) is 0 Å². The van der Waals surface area contributed by atoms with E-state index >= 15 is 0 Å². The Bertz CT molecular complexity index is 608. The lowest BCUT2D eigenvalue weighted by Crippen LogP contribution is -2.09. The van der Waals surface area contributed by atoms with Gasteiger partial charge < -0.3 is 0 Å². The maximum Gasteiger partial charge on any atom is 0.198 e. The van der Waals surface area contributed by atoms with Gasteiger partial charge in [0.05, 0.1) is 5.56 Å². The Labute approximate surface area is 99.7 Å². The van der Waals surface area contributed by atoms with Gasteiger partial charge in [-0.05, 0) is 6.07 Å². The maximum atomic E-state index is 13.4. The van der Waals surface area contributed by atoms with Gasteiger partial charge in [-0.2, -0.15) is 0 Å². The van der Waals surface area contributed by atoms with Crippen molar-refractivity contribution in [1.82, 2.24) is 0 Å². The van der Waals surface area contributed by atoms with Crippen molar-refractivity contribution < 1.29 is 22.4 Å². The van der Waals surface area contributed by atoms with Crippen molar-refractivity contribution in [3.63, 3.8) is 0 Å². The number of ketones is 1. The second-order valence-corrected chi connectivity index (χ2v) is 3.54. The predicted molar refractivity (Wildman–Crippen MR) is 56.1 cm³/mol. The molecule has 0 aliphatic rings. The third-order valence-corrected chi connectivity index (χ3v) is 2.38. The van der Waals surface area contributed by atoms with E-state index in [1.165, 1.54) is 24.3 Å². The van der Waals surface area contributed by atoms with Gasteiger partial charge in [0.15, 0.2) is 29.1 Å². The molecule has 0 radical (unpaired) electrons. The van der Waals surface area contributed by atoms with Crippen LogP contribution < -0.4 is 0 Å². The average molecular weight is 254 g/mol. The zero-order valence-electron chi connectivity index (χ0n) is 8.88. The number of hydrogen-bond acceptors (Lipinski definition) is 1. The monoisotopic (exact) mass is 254 g/mol. The molecule has 0 aromatic heterocycles. The fourth-order valence-corrected chi connectivity index (χ4v) is 1.48. The van der Waals surface area contributed by atoms with Crippen molar-refractivity contribution in [2.24, 2.45) is 0 Å². The van der Waals surface area contributed by atoms with Gasteiger partial charge in [-0.15, -0.1) is 0 Å². The minimum Gasteiger partial charge on any atom is -0.288 e. The van der Waals surface area contributed by atoms with Gasteiger partial charge in [0, 0.05) is 5.56 Å². The zero-order valence-corrected chi connectivity index (χ0v) is 8.88. The molecule has 92 valence electrons. The molecule has 0 atom stereocenters. The zero-order chi connectivity index (χ0) is 13.3. The first-order valence-corrected chi connectivity index (χ1v) is 4.95. The summed E-state index contributed by atoms with van der Waals surface area (Å²) in [5.74, 6) is -8.13. The van der Waals surface area contributed by atoms with Crippen LogP contribution in [0.2, 0.25) is 0 Å². The first-order valence-electron chi connectivity index (χ1n) is 4.95.